The average molecular weight is 385 g/mol. The number of amides is 1. The van der Waals surface area contributed by atoms with Crippen LogP contribution in [0, 0.1) is 0 Å². The number of piperidine rings is 1. The number of hydrogen-bond acceptors (Lipinski definition) is 4. The van der Waals surface area contributed by atoms with E-state index in [2.05, 4.69) is 27.7 Å². The van der Waals surface area contributed by atoms with Gasteiger partial charge in [0.15, 0.2) is 0 Å². The van der Waals surface area contributed by atoms with Crippen molar-refractivity contribution in [1.29, 1.82) is 0 Å². The molecule has 1 aliphatic carbocycles. The summed E-state index contributed by atoms with van der Waals surface area (Å²) < 4.78 is 6.64. The maximum atomic E-state index is 12.0. The summed E-state index contributed by atoms with van der Waals surface area (Å²) in [7, 11) is 0. The lowest BCUT2D eigenvalue weighted by Crippen LogP contribution is -2.38. The smallest absolute Gasteiger partial charge is 0.411 e. The van der Waals surface area contributed by atoms with E-state index in [9.17, 15) is 4.79 Å². The minimum atomic E-state index is -0.319. The molecule has 2 atom stereocenters. The second kappa shape index (κ2) is 7.44. The van der Waals surface area contributed by atoms with E-state index >= 15 is 0 Å². The zero-order valence-electron chi connectivity index (χ0n) is 15.8. The first-order chi connectivity index (χ1) is 13.3. The predicted octanol–water partition coefficient (Wildman–Crippen LogP) is 5.73. The van der Waals surface area contributed by atoms with Gasteiger partial charge in [-0.25, -0.2) is 4.79 Å². The van der Waals surface area contributed by atoms with Gasteiger partial charge in [0.05, 0.1) is 0 Å². The minimum absolute atomic E-state index is 0.134. The van der Waals surface area contributed by atoms with Crippen LogP contribution in [-0.2, 0) is 4.74 Å². The number of carbonyl (C=O) groups is 1. The molecular weight excluding hydrogens is 356 g/mol. The molecule has 3 fully saturated rings. The number of fused-ring (bicyclic) bond motifs is 2. The zero-order valence-corrected chi connectivity index (χ0v) is 16.6. The number of ether oxygens (including phenoxy) is 1. The quantitative estimate of drug-likeness (QED) is 0.734. The molecule has 5 rings (SSSR count). The fraction of sp³-hybridized carbons (Fsp3) is 0.591. The second-order valence-electron chi connectivity index (χ2n) is 8.38. The Bertz CT molecular complexity index is 813. The van der Waals surface area contributed by atoms with Crippen molar-refractivity contribution in [2.75, 3.05) is 18.4 Å². The van der Waals surface area contributed by atoms with E-state index < -0.39 is 0 Å². The summed E-state index contributed by atoms with van der Waals surface area (Å²) in [5.41, 5.74) is 2.33. The highest BCUT2D eigenvalue weighted by atomic mass is 32.1. The van der Waals surface area contributed by atoms with Crippen LogP contribution >= 0.6 is 11.3 Å². The van der Waals surface area contributed by atoms with Crippen LogP contribution in [0.15, 0.2) is 23.6 Å². The molecule has 2 aliphatic heterocycles. The van der Waals surface area contributed by atoms with E-state index in [1.807, 2.05) is 17.4 Å². The van der Waals surface area contributed by atoms with E-state index in [0.717, 1.165) is 24.6 Å². The Morgan fingerprint density at radius 2 is 2.00 bits per heavy atom. The highest BCUT2D eigenvalue weighted by Gasteiger charge is 2.29. The van der Waals surface area contributed by atoms with Crippen LogP contribution in [0.2, 0.25) is 0 Å². The lowest BCUT2D eigenvalue weighted by Gasteiger charge is -2.33. The van der Waals surface area contributed by atoms with Crippen molar-refractivity contribution in [3.8, 4) is 0 Å². The number of carbonyl (C=O) groups excluding carboxylic acids is 1. The molecule has 144 valence electrons. The molecule has 1 N–H and O–H groups in total. The van der Waals surface area contributed by atoms with E-state index in [0.29, 0.717) is 5.92 Å². The van der Waals surface area contributed by atoms with Crippen molar-refractivity contribution >= 4 is 33.2 Å². The normalized spacial score (nSPS) is 26.4. The summed E-state index contributed by atoms with van der Waals surface area (Å²) in [5, 5.41) is 6.58. The SMILES string of the molecule is O=C(Nc1ccc2scc(C3CCC4CCCCN4CC3)c2c1)OC1CC1. The van der Waals surface area contributed by atoms with E-state index in [1.165, 1.54) is 67.3 Å². The molecule has 1 saturated carbocycles. The molecule has 27 heavy (non-hydrogen) atoms. The van der Waals surface area contributed by atoms with Gasteiger partial charge in [0.2, 0.25) is 0 Å². The number of nitrogens with one attached hydrogen (secondary N) is 1. The van der Waals surface area contributed by atoms with Crippen LogP contribution in [0.1, 0.15) is 62.8 Å². The first kappa shape index (κ1) is 17.5. The predicted molar refractivity (Wildman–Crippen MR) is 111 cm³/mol. The number of hydrogen-bond donors (Lipinski definition) is 1. The van der Waals surface area contributed by atoms with Gasteiger partial charge < -0.3 is 9.64 Å². The fourth-order valence-electron chi connectivity index (χ4n) is 4.78. The first-order valence-electron chi connectivity index (χ1n) is 10.5. The molecule has 5 heteroatoms. The molecule has 1 aromatic carbocycles. The molecule has 2 aromatic rings. The largest absolute Gasteiger partial charge is 0.446 e. The molecule has 1 aromatic heterocycles. The topological polar surface area (TPSA) is 41.6 Å². The Labute approximate surface area is 164 Å². The molecule has 0 spiro atoms. The number of anilines is 1. The Hall–Kier alpha value is -1.59. The maximum Gasteiger partial charge on any atom is 0.411 e. The summed E-state index contributed by atoms with van der Waals surface area (Å²) in [6.45, 7) is 2.53. The van der Waals surface area contributed by atoms with Gasteiger partial charge in [-0.1, -0.05) is 6.42 Å². The van der Waals surface area contributed by atoms with Crippen LogP contribution in [0.4, 0.5) is 10.5 Å². The molecule has 4 nitrogen and oxygen atoms in total. The van der Waals surface area contributed by atoms with Crippen LogP contribution in [0.3, 0.4) is 0 Å². The van der Waals surface area contributed by atoms with Crippen molar-refractivity contribution in [3.63, 3.8) is 0 Å². The van der Waals surface area contributed by atoms with Gasteiger partial charge in [-0.2, -0.15) is 0 Å². The summed E-state index contributed by atoms with van der Waals surface area (Å²) in [5.74, 6) is 0.637. The van der Waals surface area contributed by atoms with Gasteiger partial charge in [0.25, 0.3) is 0 Å². The highest BCUT2D eigenvalue weighted by molar-refractivity contribution is 7.17. The van der Waals surface area contributed by atoms with E-state index in [4.69, 9.17) is 4.74 Å². The van der Waals surface area contributed by atoms with Gasteiger partial charge in [-0.05, 0) is 98.5 Å². The van der Waals surface area contributed by atoms with Crippen molar-refractivity contribution in [2.24, 2.45) is 0 Å². The number of rotatable bonds is 3. The Kier molecular flexibility index (Phi) is 4.82. The number of thiophene rings is 1. The minimum Gasteiger partial charge on any atom is -0.446 e. The first-order valence-corrected chi connectivity index (χ1v) is 11.4. The lowest BCUT2D eigenvalue weighted by molar-refractivity contribution is 0.151. The van der Waals surface area contributed by atoms with Crippen LogP contribution in [0.25, 0.3) is 10.1 Å². The molecule has 3 aliphatic rings. The van der Waals surface area contributed by atoms with E-state index in [-0.39, 0.29) is 12.2 Å². The third-order valence-corrected chi connectivity index (χ3v) is 7.43. The summed E-state index contributed by atoms with van der Waals surface area (Å²) in [6, 6.07) is 7.08. The molecule has 2 saturated heterocycles. The Morgan fingerprint density at radius 3 is 2.89 bits per heavy atom. The summed E-state index contributed by atoms with van der Waals surface area (Å²) in [6.07, 6.45) is 9.84. The number of benzene rings is 1. The molecule has 1 amide bonds. The van der Waals surface area contributed by atoms with Crippen molar-refractivity contribution < 1.29 is 9.53 Å². The van der Waals surface area contributed by atoms with Gasteiger partial charge in [-0.3, -0.25) is 5.32 Å². The van der Waals surface area contributed by atoms with Crippen LogP contribution in [-0.4, -0.2) is 36.2 Å². The van der Waals surface area contributed by atoms with Gasteiger partial charge in [-0.15, -0.1) is 11.3 Å². The molecule has 0 bridgehead atoms. The Morgan fingerprint density at radius 1 is 1.07 bits per heavy atom. The standard InChI is InChI=1S/C22H28N2O2S/c25-22(26-18-7-8-18)23-16-5-9-21-19(13-16)20(14-27-21)15-4-6-17-3-1-2-11-24(17)12-10-15/h5,9,13-15,17-18H,1-4,6-8,10-12H2,(H,23,25). The molecule has 0 radical (unpaired) electrons. The number of nitrogens with zero attached hydrogens (tertiary/aromatic N) is 1. The van der Waals surface area contributed by atoms with Crippen LogP contribution < -0.4 is 5.32 Å². The monoisotopic (exact) mass is 384 g/mol. The second-order valence-corrected chi connectivity index (χ2v) is 9.29. The fourth-order valence-corrected chi connectivity index (χ4v) is 5.80. The third-order valence-electron chi connectivity index (χ3n) is 6.45. The zero-order chi connectivity index (χ0) is 18.2. The Balaban J connectivity index is 1.34. The molecule has 3 heterocycles. The average Bonchev–Trinajstić information content (AvgIpc) is 3.43. The summed E-state index contributed by atoms with van der Waals surface area (Å²) in [4.78, 5) is 14.7. The van der Waals surface area contributed by atoms with Gasteiger partial charge in [0, 0.05) is 16.4 Å². The highest BCUT2D eigenvalue weighted by Crippen LogP contribution is 2.40. The molecular formula is C22H28N2O2S. The van der Waals surface area contributed by atoms with E-state index in [1.54, 1.807) is 0 Å². The van der Waals surface area contributed by atoms with Gasteiger partial charge >= 0.3 is 6.09 Å². The maximum absolute atomic E-state index is 12.0. The summed E-state index contributed by atoms with van der Waals surface area (Å²) >= 11 is 1.83. The van der Waals surface area contributed by atoms with Crippen LogP contribution in [0.5, 0.6) is 0 Å². The lowest BCUT2D eigenvalue weighted by atomic mass is 9.90. The van der Waals surface area contributed by atoms with Crippen molar-refractivity contribution in [3.05, 3.63) is 29.1 Å². The molecule has 2 unspecified atom stereocenters. The van der Waals surface area contributed by atoms with Crippen molar-refractivity contribution in [1.82, 2.24) is 4.90 Å². The third kappa shape index (κ3) is 3.85. The van der Waals surface area contributed by atoms with Gasteiger partial charge in [0.1, 0.15) is 6.10 Å². The van der Waals surface area contributed by atoms with Crippen molar-refractivity contribution in [2.45, 2.75) is 69.4 Å².